The Morgan fingerprint density at radius 2 is 2.08 bits per heavy atom. The highest BCUT2D eigenvalue weighted by Crippen LogP contribution is 2.10. The van der Waals surface area contributed by atoms with Gasteiger partial charge in [-0.3, -0.25) is 4.99 Å². The highest BCUT2D eigenvalue weighted by Gasteiger charge is 2.12. The topological polar surface area (TPSA) is 50.4 Å². The summed E-state index contributed by atoms with van der Waals surface area (Å²) in [5, 5.41) is 3.25. The van der Waals surface area contributed by atoms with E-state index in [1.807, 2.05) is 27.8 Å². The molecular formula is C10H21N3. The molecule has 0 aliphatic carbocycles. The van der Waals surface area contributed by atoms with Crippen molar-refractivity contribution in [2.75, 3.05) is 20.1 Å². The summed E-state index contributed by atoms with van der Waals surface area (Å²) in [4.78, 5) is 4.17. The number of rotatable bonds is 0. The maximum absolute atomic E-state index is 5.70. The maximum Gasteiger partial charge on any atom is 0.0532 e. The number of piperidine rings is 1. The molecule has 13 heavy (non-hydrogen) atoms. The van der Waals surface area contributed by atoms with Crippen molar-refractivity contribution in [2.45, 2.75) is 27.2 Å². The van der Waals surface area contributed by atoms with Crippen LogP contribution in [0.3, 0.4) is 0 Å². The van der Waals surface area contributed by atoms with Crippen molar-refractivity contribution < 1.29 is 0 Å². The first-order chi connectivity index (χ1) is 6.25. The van der Waals surface area contributed by atoms with E-state index in [0.29, 0.717) is 0 Å². The molecule has 0 aromatic rings. The van der Waals surface area contributed by atoms with Crippen molar-refractivity contribution in [1.82, 2.24) is 5.32 Å². The van der Waals surface area contributed by atoms with Crippen LogP contribution in [0.4, 0.5) is 0 Å². The quantitative estimate of drug-likeness (QED) is 0.595. The lowest BCUT2D eigenvalue weighted by Crippen LogP contribution is -2.33. The van der Waals surface area contributed by atoms with E-state index < -0.39 is 0 Å². The van der Waals surface area contributed by atoms with E-state index in [-0.39, 0.29) is 0 Å². The van der Waals surface area contributed by atoms with Crippen molar-refractivity contribution in [3.8, 4) is 0 Å². The minimum absolute atomic E-state index is 0.861. The van der Waals surface area contributed by atoms with Crippen LogP contribution in [-0.2, 0) is 0 Å². The molecule has 3 nitrogen and oxygen atoms in total. The van der Waals surface area contributed by atoms with Gasteiger partial charge in [0.2, 0.25) is 0 Å². The molecule has 76 valence electrons. The van der Waals surface area contributed by atoms with Gasteiger partial charge in [0.1, 0.15) is 0 Å². The van der Waals surface area contributed by atoms with Crippen LogP contribution in [0, 0.1) is 0 Å². The minimum atomic E-state index is 0.861. The van der Waals surface area contributed by atoms with E-state index in [1.165, 1.54) is 5.57 Å². The molecule has 1 rings (SSSR count). The zero-order valence-electron chi connectivity index (χ0n) is 9.15. The molecule has 0 amide bonds. The second kappa shape index (κ2) is 6.66. The van der Waals surface area contributed by atoms with Gasteiger partial charge in [-0.2, -0.15) is 0 Å². The van der Waals surface area contributed by atoms with Crippen LogP contribution in [0.2, 0.25) is 0 Å². The molecule has 1 aliphatic rings. The fourth-order valence-electron chi connectivity index (χ4n) is 1.31. The van der Waals surface area contributed by atoms with Crippen molar-refractivity contribution in [3.05, 3.63) is 11.3 Å². The first-order valence-electron chi connectivity index (χ1n) is 4.87. The average molecular weight is 183 g/mol. The number of hydrogen-bond donors (Lipinski definition) is 2. The number of nitrogens with zero attached hydrogens (tertiary/aromatic N) is 1. The molecule has 0 saturated carbocycles. The normalized spacial score (nSPS) is 23.5. The Morgan fingerprint density at radius 1 is 1.46 bits per heavy atom. The second-order valence-electron chi connectivity index (χ2n) is 2.76. The number of nitrogens with two attached hydrogens (primary N) is 1. The third-order valence-electron chi connectivity index (χ3n) is 1.94. The largest absolute Gasteiger partial charge is 0.402 e. The number of hydrogen-bond acceptors (Lipinski definition) is 3. The van der Waals surface area contributed by atoms with E-state index >= 15 is 0 Å². The lowest BCUT2D eigenvalue weighted by Gasteiger charge is -2.18. The van der Waals surface area contributed by atoms with Gasteiger partial charge in [0, 0.05) is 19.3 Å². The number of allylic oxidation sites excluding steroid dienone is 1. The van der Waals surface area contributed by atoms with Crippen molar-refractivity contribution in [2.24, 2.45) is 10.7 Å². The maximum atomic E-state index is 5.70. The molecule has 3 N–H and O–H groups in total. The molecule has 0 aromatic heterocycles. The Labute approximate surface area is 81.1 Å². The van der Waals surface area contributed by atoms with Crippen LogP contribution in [-0.4, -0.2) is 25.8 Å². The summed E-state index contributed by atoms with van der Waals surface area (Å²) in [5.74, 6) is 0. The van der Waals surface area contributed by atoms with Crippen LogP contribution < -0.4 is 11.1 Å². The molecule has 1 aliphatic heterocycles. The van der Waals surface area contributed by atoms with E-state index in [2.05, 4.69) is 10.3 Å². The SMILES string of the molecule is CC.CN=C1CNCC/C1=C(\C)N. The monoisotopic (exact) mass is 183 g/mol. The summed E-state index contributed by atoms with van der Waals surface area (Å²) in [6.07, 6.45) is 1.01. The van der Waals surface area contributed by atoms with Gasteiger partial charge in [0.25, 0.3) is 0 Å². The van der Waals surface area contributed by atoms with Crippen molar-refractivity contribution in [1.29, 1.82) is 0 Å². The summed E-state index contributed by atoms with van der Waals surface area (Å²) < 4.78 is 0. The lowest BCUT2D eigenvalue weighted by atomic mass is 10.0. The Balaban J connectivity index is 0.000000671. The molecule has 1 saturated heterocycles. The van der Waals surface area contributed by atoms with E-state index in [4.69, 9.17) is 5.73 Å². The standard InChI is InChI=1S/C8H15N3.C2H6/c1-6(9)7-3-4-11-5-8(7)10-2;1-2/h11H,3-5,9H2,1-2H3;1-2H3/b7-6-,10-8?;. The summed E-state index contributed by atoms with van der Waals surface area (Å²) in [6, 6.07) is 0. The van der Waals surface area contributed by atoms with Gasteiger partial charge < -0.3 is 11.1 Å². The molecule has 1 heterocycles. The first kappa shape index (κ1) is 12.2. The molecule has 0 spiro atoms. The number of nitrogens with one attached hydrogen (secondary N) is 1. The van der Waals surface area contributed by atoms with Gasteiger partial charge in [-0.1, -0.05) is 13.8 Å². The summed E-state index contributed by atoms with van der Waals surface area (Å²) in [7, 11) is 1.81. The van der Waals surface area contributed by atoms with Gasteiger partial charge in [0.15, 0.2) is 0 Å². The Kier molecular flexibility index (Phi) is 6.24. The van der Waals surface area contributed by atoms with Crippen LogP contribution in [0.15, 0.2) is 16.3 Å². The molecule has 0 aromatic carbocycles. The Morgan fingerprint density at radius 3 is 2.46 bits per heavy atom. The summed E-state index contributed by atoms with van der Waals surface area (Å²) in [6.45, 7) is 7.81. The van der Waals surface area contributed by atoms with E-state index in [1.54, 1.807) is 0 Å². The molecule has 1 fully saturated rings. The average Bonchev–Trinajstić information content (AvgIpc) is 2.20. The van der Waals surface area contributed by atoms with Crippen LogP contribution >= 0.6 is 0 Å². The Hall–Kier alpha value is -0.830. The molecule has 0 radical (unpaired) electrons. The van der Waals surface area contributed by atoms with Crippen LogP contribution in [0.25, 0.3) is 0 Å². The molecule has 3 heteroatoms. The summed E-state index contributed by atoms with van der Waals surface area (Å²) in [5.41, 5.74) is 8.95. The second-order valence-corrected chi connectivity index (χ2v) is 2.76. The van der Waals surface area contributed by atoms with E-state index in [9.17, 15) is 0 Å². The first-order valence-corrected chi connectivity index (χ1v) is 4.87. The third-order valence-corrected chi connectivity index (χ3v) is 1.94. The smallest absolute Gasteiger partial charge is 0.0532 e. The number of aliphatic imine (C=N–C) groups is 1. The van der Waals surface area contributed by atoms with Gasteiger partial charge in [-0.15, -0.1) is 0 Å². The predicted octanol–water partition coefficient (Wildman–Crippen LogP) is 1.31. The van der Waals surface area contributed by atoms with Crippen molar-refractivity contribution >= 4 is 5.71 Å². The van der Waals surface area contributed by atoms with Crippen molar-refractivity contribution in [3.63, 3.8) is 0 Å². The van der Waals surface area contributed by atoms with Crippen LogP contribution in [0.5, 0.6) is 0 Å². The fraction of sp³-hybridized carbons (Fsp3) is 0.700. The molecule has 0 atom stereocenters. The molecule has 0 unspecified atom stereocenters. The van der Waals surface area contributed by atoms with E-state index in [0.717, 1.165) is 30.9 Å². The highest BCUT2D eigenvalue weighted by atomic mass is 14.9. The lowest BCUT2D eigenvalue weighted by molar-refractivity contribution is 0.726. The van der Waals surface area contributed by atoms with Gasteiger partial charge >= 0.3 is 0 Å². The van der Waals surface area contributed by atoms with Gasteiger partial charge in [-0.05, 0) is 25.5 Å². The highest BCUT2D eigenvalue weighted by molar-refractivity contribution is 6.02. The summed E-state index contributed by atoms with van der Waals surface area (Å²) >= 11 is 0. The van der Waals surface area contributed by atoms with Gasteiger partial charge in [0.05, 0.1) is 5.71 Å². The zero-order valence-corrected chi connectivity index (χ0v) is 9.15. The molecule has 0 bridgehead atoms. The van der Waals surface area contributed by atoms with Crippen LogP contribution in [0.1, 0.15) is 27.2 Å². The third kappa shape index (κ3) is 3.59. The Bertz CT molecular complexity index is 200. The predicted molar refractivity (Wildman–Crippen MR) is 59.1 cm³/mol. The molecular weight excluding hydrogens is 162 g/mol. The fourth-order valence-corrected chi connectivity index (χ4v) is 1.31. The zero-order chi connectivity index (χ0) is 10.3. The van der Waals surface area contributed by atoms with Gasteiger partial charge in [-0.25, -0.2) is 0 Å². The minimum Gasteiger partial charge on any atom is -0.402 e.